The Morgan fingerprint density at radius 2 is 1.86 bits per heavy atom. The van der Waals surface area contributed by atoms with E-state index in [-0.39, 0.29) is 17.4 Å². The van der Waals surface area contributed by atoms with Gasteiger partial charge in [0.15, 0.2) is 0 Å². The predicted molar refractivity (Wildman–Crippen MR) is 144 cm³/mol. The van der Waals surface area contributed by atoms with Gasteiger partial charge in [0.05, 0.1) is 18.0 Å². The second kappa shape index (κ2) is 9.32. The zero-order valence-electron chi connectivity index (χ0n) is 22.9. The van der Waals surface area contributed by atoms with Gasteiger partial charge in [-0.2, -0.15) is 0 Å². The topological polar surface area (TPSA) is 61.9 Å². The van der Waals surface area contributed by atoms with E-state index in [9.17, 15) is 9.59 Å². The number of ether oxygens (including phenoxy) is 1. The number of benzene rings is 1. The number of hydrogen-bond acceptors (Lipinski definition) is 4. The molecule has 0 bridgehead atoms. The molecular weight excluding hydrogens is 452 g/mol. The van der Waals surface area contributed by atoms with Gasteiger partial charge < -0.3 is 19.9 Å². The molecule has 1 unspecified atom stereocenters. The predicted octanol–water partition coefficient (Wildman–Crippen LogP) is 4.60. The molecule has 7 nitrogen and oxygen atoms in total. The van der Waals surface area contributed by atoms with Crippen molar-refractivity contribution in [2.45, 2.75) is 90.8 Å². The number of nitrogens with one attached hydrogen (secondary N) is 1. The number of piperidine rings is 1. The zero-order chi connectivity index (χ0) is 25.7. The first-order valence-corrected chi connectivity index (χ1v) is 14.1. The van der Waals surface area contributed by atoms with Crippen molar-refractivity contribution in [1.29, 1.82) is 0 Å². The first kappa shape index (κ1) is 25.5. The number of carbonyl (C=O) groups excluding carboxylic acids is 2. The van der Waals surface area contributed by atoms with Gasteiger partial charge in [-0.15, -0.1) is 0 Å². The molecule has 0 saturated carbocycles. The van der Waals surface area contributed by atoms with Gasteiger partial charge in [-0.05, 0) is 65.5 Å². The van der Waals surface area contributed by atoms with Crippen LogP contribution in [0, 0.1) is 12.3 Å². The monoisotopic (exact) mass is 497 g/mol. The highest BCUT2D eigenvalue weighted by Crippen LogP contribution is 2.45. The van der Waals surface area contributed by atoms with Crippen LogP contribution in [0.3, 0.4) is 0 Å². The highest BCUT2D eigenvalue weighted by atomic mass is 16.6. The first-order valence-electron chi connectivity index (χ1n) is 14.1. The summed E-state index contributed by atoms with van der Waals surface area (Å²) in [7, 11) is 0. The Morgan fingerprint density at radius 3 is 2.44 bits per heavy atom. The molecule has 198 valence electrons. The maximum atomic E-state index is 13.8. The van der Waals surface area contributed by atoms with E-state index in [2.05, 4.69) is 37.4 Å². The molecule has 1 N–H and O–H groups in total. The van der Waals surface area contributed by atoms with Crippen molar-refractivity contribution in [3.05, 3.63) is 23.8 Å². The summed E-state index contributed by atoms with van der Waals surface area (Å²) in [6.45, 7) is 15.6. The lowest BCUT2D eigenvalue weighted by Crippen LogP contribution is -2.59. The van der Waals surface area contributed by atoms with E-state index in [1.54, 1.807) is 4.90 Å². The third kappa shape index (κ3) is 4.32. The van der Waals surface area contributed by atoms with E-state index in [1.807, 2.05) is 25.7 Å². The highest BCUT2D eigenvalue weighted by Gasteiger charge is 2.51. The quantitative estimate of drug-likeness (QED) is 0.620. The van der Waals surface area contributed by atoms with Gasteiger partial charge in [-0.3, -0.25) is 9.28 Å². The summed E-state index contributed by atoms with van der Waals surface area (Å²) in [4.78, 5) is 30.1. The van der Waals surface area contributed by atoms with E-state index in [1.165, 1.54) is 37.1 Å². The summed E-state index contributed by atoms with van der Waals surface area (Å²) in [6, 6.07) is 8.17. The van der Waals surface area contributed by atoms with Crippen molar-refractivity contribution in [2.24, 2.45) is 5.41 Å². The minimum absolute atomic E-state index is 0.237. The van der Waals surface area contributed by atoms with Crippen molar-refractivity contribution in [1.82, 2.24) is 14.7 Å². The van der Waals surface area contributed by atoms with Gasteiger partial charge >= 0.3 is 6.09 Å². The molecule has 0 radical (unpaired) electrons. The molecule has 1 aromatic rings. The van der Waals surface area contributed by atoms with Crippen molar-refractivity contribution in [3.63, 3.8) is 0 Å². The van der Waals surface area contributed by atoms with E-state index >= 15 is 0 Å². The normalized spacial score (nSPS) is 30.4. The van der Waals surface area contributed by atoms with Crippen LogP contribution in [0.15, 0.2) is 18.2 Å². The number of hydrogen-bond donors (Lipinski definition) is 1. The fourth-order valence-electron chi connectivity index (χ4n) is 7.43. The molecule has 5 rings (SSSR count). The molecule has 7 heteroatoms. The molecule has 4 aliphatic rings. The fourth-order valence-corrected chi connectivity index (χ4v) is 7.43. The van der Waals surface area contributed by atoms with Crippen molar-refractivity contribution >= 4 is 23.4 Å². The number of aryl methyl sites for hydroxylation is 1. The molecule has 0 aromatic heterocycles. The third-order valence-electron chi connectivity index (χ3n) is 9.46. The molecule has 36 heavy (non-hydrogen) atoms. The number of anilines is 1. The van der Waals surface area contributed by atoms with Gasteiger partial charge in [-0.25, -0.2) is 4.79 Å². The number of carbonyl (C=O) groups is 2. The maximum Gasteiger partial charge on any atom is 0.410 e. The summed E-state index contributed by atoms with van der Waals surface area (Å²) >= 11 is 0. The van der Waals surface area contributed by atoms with E-state index in [0.29, 0.717) is 38.0 Å². The van der Waals surface area contributed by atoms with Gasteiger partial charge in [0.2, 0.25) is 5.91 Å². The summed E-state index contributed by atoms with van der Waals surface area (Å²) in [5.74, 6) is 0.237. The van der Waals surface area contributed by atoms with Crippen LogP contribution in [0.2, 0.25) is 0 Å². The lowest BCUT2D eigenvalue weighted by atomic mass is 9.77. The highest BCUT2D eigenvalue weighted by molar-refractivity contribution is 6.00. The average Bonchev–Trinajstić information content (AvgIpc) is 3.55. The molecule has 2 amide bonds. The Balaban J connectivity index is 1.31. The Bertz CT molecular complexity index is 1000. The van der Waals surface area contributed by atoms with Gasteiger partial charge in [0.25, 0.3) is 0 Å². The minimum Gasteiger partial charge on any atom is -0.444 e. The van der Waals surface area contributed by atoms with Gasteiger partial charge in [-0.1, -0.05) is 0 Å². The molecule has 4 heterocycles. The number of amides is 2. The van der Waals surface area contributed by atoms with E-state index < -0.39 is 5.60 Å². The van der Waals surface area contributed by atoms with Crippen molar-refractivity contribution in [2.75, 3.05) is 44.2 Å². The average molecular weight is 498 g/mol. The number of rotatable bonds is 3. The van der Waals surface area contributed by atoms with Crippen LogP contribution < -0.4 is 14.7 Å². The van der Waals surface area contributed by atoms with E-state index in [0.717, 1.165) is 36.2 Å². The second-order valence-corrected chi connectivity index (χ2v) is 12.7. The van der Waals surface area contributed by atoms with Crippen LogP contribution in [0.5, 0.6) is 0 Å². The Kier molecular flexibility index (Phi) is 6.61. The second-order valence-electron chi connectivity index (χ2n) is 12.7. The molecule has 4 saturated heterocycles. The number of likely N-dealkylation sites (tertiary alicyclic amines) is 2. The fraction of sp³-hybridized carbons (Fsp3) is 0.724. The molecule has 3 atom stereocenters. The summed E-state index contributed by atoms with van der Waals surface area (Å²) in [5, 5.41) is 3.59. The maximum absolute atomic E-state index is 13.8. The minimum atomic E-state index is -0.502. The lowest BCUT2D eigenvalue weighted by Gasteiger charge is -2.43. The summed E-state index contributed by atoms with van der Waals surface area (Å²) in [6.07, 6.45) is 5.82. The van der Waals surface area contributed by atoms with Crippen LogP contribution in [0.4, 0.5) is 16.2 Å². The summed E-state index contributed by atoms with van der Waals surface area (Å²) in [5.41, 5.74) is 2.83. The Hall–Kier alpha value is -2.12. The smallest absolute Gasteiger partial charge is 0.410 e. The molecule has 4 aliphatic heterocycles. The van der Waals surface area contributed by atoms with Crippen LogP contribution in [0.25, 0.3) is 0 Å². The van der Waals surface area contributed by atoms with Gasteiger partial charge in [0, 0.05) is 69.8 Å². The molecule has 4 fully saturated rings. The molecular formula is C29H45N4O3+. The molecule has 0 aliphatic carbocycles. The van der Waals surface area contributed by atoms with E-state index in [4.69, 9.17) is 4.74 Å². The van der Waals surface area contributed by atoms with Gasteiger partial charge in [0.1, 0.15) is 17.3 Å². The molecule has 1 aromatic carbocycles. The number of nitrogens with zero attached hydrogens (tertiary/aromatic N) is 3. The largest absolute Gasteiger partial charge is 0.444 e. The van der Waals surface area contributed by atoms with Crippen LogP contribution in [0.1, 0.15) is 71.8 Å². The number of quaternary nitrogens is 1. The van der Waals surface area contributed by atoms with Crippen LogP contribution in [-0.2, 0) is 9.53 Å². The van der Waals surface area contributed by atoms with Crippen molar-refractivity contribution in [3.8, 4) is 0 Å². The first-order chi connectivity index (χ1) is 17.1. The third-order valence-corrected chi connectivity index (χ3v) is 9.46. The van der Waals surface area contributed by atoms with Crippen molar-refractivity contribution < 1.29 is 14.3 Å². The Labute approximate surface area is 216 Å². The molecule has 1 spiro atoms. The lowest BCUT2D eigenvalue weighted by molar-refractivity contribution is -0.128. The zero-order valence-corrected chi connectivity index (χ0v) is 22.9. The summed E-state index contributed by atoms with van der Waals surface area (Å²) < 4.78 is 6.64. The standard InChI is InChI=1S/C29H45N4O3/c1-21-19-23(33(18-6-7-22(33)2)24-10-14-30-20-24)8-9-25(21)32-17-13-29(26(32)34)11-15-31(16-12-29)27(35)36-28(3,4)5/h8-9,19,22,24,30H,6-7,10-18,20H2,1-5H3/q+1/t22-,24+,33?/m1/s1. The van der Waals surface area contributed by atoms with Crippen LogP contribution in [-0.4, -0.2) is 73.9 Å². The van der Waals surface area contributed by atoms with Crippen LogP contribution >= 0.6 is 0 Å². The Morgan fingerprint density at radius 1 is 1.14 bits per heavy atom. The SMILES string of the molecule is Cc1cc([N+]2([C@H]3CCNC3)CCC[C@H]2C)ccc1N1CCC2(CCN(C(=O)OC(C)(C)C)CC2)C1=O.